The van der Waals surface area contributed by atoms with Gasteiger partial charge in [-0.2, -0.15) is 0 Å². The van der Waals surface area contributed by atoms with Gasteiger partial charge in [-0.3, -0.25) is 14.5 Å². The predicted molar refractivity (Wildman–Crippen MR) is 73.4 cm³/mol. The molecule has 1 fully saturated rings. The van der Waals surface area contributed by atoms with E-state index in [4.69, 9.17) is 5.11 Å². The molecule has 0 aromatic rings. The van der Waals surface area contributed by atoms with Gasteiger partial charge >= 0.3 is 12.0 Å². The minimum Gasteiger partial charge on any atom is -0.480 e. The summed E-state index contributed by atoms with van der Waals surface area (Å²) in [6.07, 6.45) is 1.42. The van der Waals surface area contributed by atoms with E-state index in [0.717, 1.165) is 4.90 Å². The molecule has 8 nitrogen and oxygen atoms in total. The number of carboxylic acids is 1. The molecule has 0 spiro atoms. The van der Waals surface area contributed by atoms with Crippen LogP contribution in [0.1, 0.15) is 32.6 Å². The number of hydrogen-bond donors (Lipinski definition) is 2. The van der Waals surface area contributed by atoms with Crippen LogP contribution in [0.5, 0.6) is 0 Å². The van der Waals surface area contributed by atoms with Crippen LogP contribution in [0, 0.1) is 0 Å². The molecule has 1 aliphatic rings. The summed E-state index contributed by atoms with van der Waals surface area (Å²) in [7, 11) is 1.54. The van der Waals surface area contributed by atoms with E-state index in [1.807, 2.05) is 6.92 Å². The van der Waals surface area contributed by atoms with Crippen LogP contribution >= 0.6 is 0 Å². The van der Waals surface area contributed by atoms with Crippen LogP contribution in [0.15, 0.2) is 0 Å². The summed E-state index contributed by atoms with van der Waals surface area (Å²) in [5, 5.41) is 11.4. The zero-order chi connectivity index (χ0) is 16.0. The summed E-state index contributed by atoms with van der Waals surface area (Å²) in [4.78, 5) is 48.1. The smallest absolute Gasteiger partial charge is 0.326 e. The summed E-state index contributed by atoms with van der Waals surface area (Å²) in [6, 6.07) is -1.25. The van der Waals surface area contributed by atoms with E-state index in [0.29, 0.717) is 19.3 Å². The third-order valence-electron chi connectivity index (χ3n) is 3.23. The quantitative estimate of drug-likeness (QED) is 0.615. The number of imide groups is 1. The minimum atomic E-state index is -1.06. The molecule has 8 heteroatoms. The average molecular weight is 299 g/mol. The van der Waals surface area contributed by atoms with Gasteiger partial charge in [-0.1, -0.05) is 13.3 Å². The molecule has 21 heavy (non-hydrogen) atoms. The molecule has 0 bridgehead atoms. The molecule has 1 saturated heterocycles. The molecular formula is C13H21N3O5. The van der Waals surface area contributed by atoms with Crippen molar-refractivity contribution in [3.8, 4) is 0 Å². The highest BCUT2D eigenvalue weighted by Gasteiger charge is 2.32. The zero-order valence-corrected chi connectivity index (χ0v) is 12.3. The molecule has 4 amide bonds. The van der Waals surface area contributed by atoms with E-state index >= 15 is 0 Å². The Hall–Kier alpha value is -2.12. The third-order valence-corrected chi connectivity index (χ3v) is 3.23. The molecule has 0 saturated carbocycles. The van der Waals surface area contributed by atoms with Crippen molar-refractivity contribution in [2.24, 2.45) is 0 Å². The lowest BCUT2D eigenvalue weighted by Crippen LogP contribution is -2.41. The minimum absolute atomic E-state index is 0.0582. The number of carbonyl (C=O) groups excluding carboxylic acids is 3. The molecule has 0 aliphatic carbocycles. The summed E-state index contributed by atoms with van der Waals surface area (Å²) < 4.78 is 0. The van der Waals surface area contributed by atoms with Crippen LogP contribution in [0.4, 0.5) is 4.79 Å². The molecule has 118 valence electrons. The van der Waals surface area contributed by atoms with Gasteiger partial charge in [0.2, 0.25) is 11.8 Å². The Morgan fingerprint density at radius 2 is 2.05 bits per heavy atom. The van der Waals surface area contributed by atoms with Crippen LogP contribution in [0.25, 0.3) is 0 Å². The van der Waals surface area contributed by atoms with E-state index in [1.54, 1.807) is 0 Å². The first-order valence-corrected chi connectivity index (χ1v) is 6.94. The van der Waals surface area contributed by atoms with Crippen molar-refractivity contribution in [1.82, 2.24) is 15.1 Å². The molecule has 1 rings (SSSR count). The highest BCUT2D eigenvalue weighted by molar-refractivity contribution is 6.01. The Balaban J connectivity index is 2.35. The zero-order valence-electron chi connectivity index (χ0n) is 12.3. The van der Waals surface area contributed by atoms with Crippen LogP contribution in [0.3, 0.4) is 0 Å². The second-order valence-electron chi connectivity index (χ2n) is 5.03. The van der Waals surface area contributed by atoms with Crippen LogP contribution in [-0.4, -0.2) is 64.9 Å². The van der Waals surface area contributed by atoms with Crippen LogP contribution in [-0.2, 0) is 14.4 Å². The lowest BCUT2D eigenvalue weighted by atomic mass is 10.1. The van der Waals surface area contributed by atoms with Gasteiger partial charge in [0.05, 0.1) is 0 Å². The van der Waals surface area contributed by atoms with E-state index in [2.05, 4.69) is 5.32 Å². The number of amides is 4. The Morgan fingerprint density at radius 3 is 2.52 bits per heavy atom. The molecule has 1 atom stereocenters. The number of nitrogens with one attached hydrogen (secondary N) is 1. The average Bonchev–Trinajstić information content (AvgIpc) is 2.64. The first-order valence-electron chi connectivity index (χ1n) is 6.94. The molecule has 0 aromatic carbocycles. The molecular weight excluding hydrogens is 278 g/mol. The van der Waals surface area contributed by atoms with Crippen molar-refractivity contribution in [1.29, 1.82) is 0 Å². The molecule has 0 unspecified atom stereocenters. The molecule has 1 aliphatic heterocycles. The maximum absolute atomic E-state index is 11.7. The monoisotopic (exact) mass is 299 g/mol. The Kier molecular flexibility index (Phi) is 6.13. The van der Waals surface area contributed by atoms with Gasteiger partial charge < -0.3 is 15.3 Å². The lowest BCUT2D eigenvalue weighted by Gasteiger charge is -2.15. The Morgan fingerprint density at radius 1 is 1.38 bits per heavy atom. The highest BCUT2D eigenvalue weighted by Crippen LogP contribution is 2.09. The van der Waals surface area contributed by atoms with Crippen LogP contribution in [0.2, 0.25) is 0 Å². The number of aliphatic carboxylic acids is 1. The van der Waals surface area contributed by atoms with Gasteiger partial charge in [0.1, 0.15) is 12.6 Å². The largest absolute Gasteiger partial charge is 0.480 e. The van der Waals surface area contributed by atoms with Crippen molar-refractivity contribution in [3.63, 3.8) is 0 Å². The van der Waals surface area contributed by atoms with E-state index in [1.165, 1.54) is 11.9 Å². The van der Waals surface area contributed by atoms with Crippen molar-refractivity contribution in [2.75, 3.05) is 20.1 Å². The maximum Gasteiger partial charge on any atom is 0.326 e. The van der Waals surface area contributed by atoms with Gasteiger partial charge in [-0.05, 0) is 12.8 Å². The third kappa shape index (κ3) is 4.73. The number of urea groups is 1. The van der Waals surface area contributed by atoms with Crippen molar-refractivity contribution in [3.05, 3.63) is 0 Å². The highest BCUT2D eigenvalue weighted by atomic mass is 16.4. The predicted octanol–water partition coefficient (Wildman–Crippen LogP) is 0.0301. The summed E-state index contributed by atoms with van der Waals surface area (Å²) >= 11 is 0. The number of carbonyl (C=O) groups is 4. The van der Waals surface area contributed by atoms with Gasteiger partial charge in [0, 0.05) is 20.0 Å². The molecule has 0 radical (unpaired) electrons. The lowest BCUT2D eigenvalue weighted by molar-refractivity contribution is -0.142. The Bertz CT molecular complexity index is 438. The SMILES string of the molecule is CCC[C@@H](NC(=O)CCCN1C(=O)CN(C)C1=O)C(=O)O. The van der Waals surface area contributed by atoms with Crippen molar-refractivity contribution >= 4 is 23.8 Å². The van der Waals surface area contributed by atoms with E-state index in [9.17, 15) is 19.2 Å². The summed E-state index contributed by atoms with van der Waals surface area (Å²) in [5.74, 6) is -1.72. The standard InChI is InChI=1S/C13H21N3O5/c1-3-5-9(12(19)20)14-10(17)6-4-7-16-11(18)8-15(2)13(16)21/h9H,3-8H2,1-2H3,(H,14,17)(H,19,20)/t9-/m1/s1. The fraction of sp³-hybridized carbons (Fsp3) is 0.692. The normalized spacial score (nSPS) is 16.3. The fourth-order valence-electron chi connectivity index (χ4n) is 2.10. The van der Waals surface area contributed by atoms with Gasteiger partial charge in [-0.25, -0.2) is 9.59 Å². The van der Waals surface area contributed by atoms with Gasteiger partial charge in [0.15, 0.2) is 0 Å². The second-order valence-corrected chi connectivity index (χ2v) is 5.03. The first kappa shape index (κ1) is 16.9. The van der Waals surface area contributed by atoms with Crippen LogP contribution < -0.4 is 5.32 Å². The molecule has 1 heterocycles. The van der Waals surface area contributed by atoms with Gasteiger partial charge in [-0.15, -0.1) is 0 Å². The topological polar surface area (TPSA) is 107 Å². The van der Waals surface area contributed by atoms with Gasteiger partial charge in [0.25, 0.3) is 0 Å². The molecule has 0 aromatic heterocycles. The number of hydrogen-bond acceptors (Lipinski definition) is 4. The van der Waals surface area contributed by atoms with E-state index < -0.39 is 12.0 Å². The first-order chi connectivity index (χ1) is 9.86. The fourth-order valence-corrected chi connectivity index (χ4v) is 2.10. The number of nitrogens with zero attached hydrogens (tertiary/aromatic N) is 2. The van der Waals surface area contributed by atoms with Crippen molar-refractivity contribution < 1.29 is 24.3 Å². The summed E-state index contributed by atoms with van der Waals surface area (Å²) in [6.45, 7) is 2.06. The van der Waals surface area contributed by atoms with E-state index in [-0.39, 0.29) is 37.4 Å². The maximum atomic E-state index is 11.7. The number of carboxylic acid groups (broad SMARTS) is 1. The second kappa shape index (κ2) is 7.61. The van der Waals surface area contributed by atoms with Crippen molar-refractivity contribution in [2.45, 2.75) is 38.6 Å². The molecule has 2 N–H and O–H groups in total. The summed E-state index contributed by atoms with van der Waals surface area (Å²) in [5.41, 5.74) is 0. The number of likely N-dealkylation sites (N-methyl/N-ethyl adjacent to an activating group) is 1. The number of rotatable bonds is 8. The Labute approximate surface area is 123 Å².